The first kappa shape index (κ1) is 15.5. The molecule has 1 rings (SSSR count). The van der Waals surface area contributed by atoms with Crippen LogP contribution in [0.1, 0.15) is 19.3 Å². The van der Waals surface area contributed by atoms with Crippen molar-refractivity contribution in [2.45, 2.75) is 31.3 Å². The Hall–Kier alpha value is -0.560. The van der Waals surface area contributed by atoms with Gasteiger partial charge in [0, 0.05) is 11.8 Å². The Labute approximate surface area is 116 Å². The van der Waals surface area contributed by atoms with Crippen molar-refractivity contribution in [3.05, 3.63) is 0 Å². The molecule has 0 aliphatic carbocycles. The van der Waals surface area contributed by atoms with Gasteiger partial charge in [-0.05, 0) is 37.0 Å². The second-order valence-corrected chi connectivity index (χ2v) is 6.34. The highest BCUT2D eigenvalue weighted by Gasteiger charge is 2.21. The average Bonchev–Trinajstić information content (AvgIpc) is 2.35. The van der Waals surface area contributed by atoms with Crippen molar-refractivity contribution in [3.8, 4) is 0 Å². The summed E-state index contributed by atoms with van der Waals surface area (Å²) >= 11 is 3.39. The number of amides is 2. The van der Waals surface area contributed by atoms with Crippen molar-refractivity contribution in [3.63, 3.8) is 0 Å². The van der Waals surface area contributed by atoms with Gasteiger partial charge in [0.05, 0.1) is 0 Å². The van der Waals surface area contributed by atoms with E-state index in [2.05, 4.69) is 10.6 Å². The van der Waals surface area contributed by atoms with Crippen molar-refractivity contribution >= 4 is 35.5 Å². The lowest BCUT2D eigenvalue weighted by molar-refractivity contribution is -0.139. The maximum atomic E-state index is 11.7. The zero-order valence-corrected chi connectivity index (χ0v) is 12.1. The van der Waals surface area contributed by atoms with Crippen molar-refractivity contribution < 1.29 is 14.7 Å². The molecule has 2 atom stereocenters. The molecule has 2 amide bonds. The summed E-state index contributed by atoms with van der Waals surface area (Å²) in [6.07, 6.45) is 4.44. The van der Waals surface area contributed by atoms with Gasteiger partial charge < -0.3 is 15.7 Å². The van der Waals surface area contributed by atoms with Gasteiger partial charge in [-0.25, -0.2) is 9.59 Å². The Balaban J connectivity index is 2.32. The van der Waals surface area contributed by atoms with E-state index < -0.39 is 12.0 Å². The maximum Gasteiger partial charge on any atom is 0.326 e. The van der Waals surface area contributed by atoms with E-state index in [0.29, 0.717) is 6.42 Å². The number of nitrogens with one attached hydrogen (secondary N) is 2. The summed E-state index contributed by atoms with van der Waals surface area (Å²) in [5.41, 5.74) is 0. The fourth-order valence-electron chi connectivity index (χ4n) is 1.73. The van der Waals surface area contributed by atoms with Crippen LogP contribution in [0, 0.1) is 0 Å². The molecule has 1 heterocycles. The molecule has 0 radical (unpaired) electrons. The molecule has 0 spiro atoms. The molecule has 2 unspecified atom stereocenters. The number of aliphatic carboxylic acids is 1. The fourth-order valence-corrected chi connectivity index (χ4v) is 3.28. The van der Waals surface area contributed by atoms with Gasteiger partial charge >= 0.3 is 12.0 Å². The van der Waals surface area contributed by atoms with E-state index in [1.54, 1.807) is 11.8 Å². The topological polar surface area (TPSA) is 78.4 Å². The molecule has 3 N–H and O–H groups in total. The van der Waals surface area contributed by atoms with Crippen molar-refractivity contribution in [2.24, 2.45) is 0 Å². The first-order valence-corrected chi connectivity index (χ1v) is 8.55. The molecular formula is C11H20N2O3S2. The molecule has 5 nitrogen and oxygen atoms in total. The van der Waals surface area contributed by atoms with E-state index in [0.717, 1.165) is 30.1 Å². The van der Waals surface area contributed by atoms with Crippen molar-refractivity contribution in [1.82, 2.24) is 10.6 Å². The van der Waals surface area contributed by atoms with Crippen LogP contribution in [-0.4, -0.2) is 52.7 Å². The Morgan fingerprint density at radius 3 is 2.89 bits per heavy atom. The molecule has 7 heteroatoms. The highest BCUT2D eigenvalue weighted by Crippen LogP contribution is 2.16. The molecule has 0 saturated carbocycles. The van der Waals surface area contributed by atoms with Gasteiger partial charge in [0.15, 0.2) is 0 Å². The maximum absolute atomic E-state index is 11.7. The molecule has 1 saturated heterocycles. The van der Waals surface area contributed by atoms with Crippen LogP contribution in [0.25, 0.3) is 0 Å². The van der Waals surface area contributed by atoms with Crippen LogP contribution in [0.5, 0.6) is 0 Å². The van der Waals surface area contributed by atoms with Gasteiger partial charge in [-0.15, -0.1) is 0 Å². The highest BCUT2D eigenvalue weighted by molar-refractivity contribution is 7.99. The third kappa shape index (κ3) is 5.86. The minimum absolute atomic E-state index is 0.166. The number of hydrogen-bond donors (Lipinski definition) is 3. The number of urea groups is 1. The van der Waals surface area contributed by atoms with Gasteiger partial charge in [0.1, 0.15) is 6.04 Å². The zero-order chi connectivity index (χ0) is 13.4. The fraction of sp³-hybridized carbons (Fsp3) is 0.818. The van der Waals surface area contributed by atoms with Crippen LogP contribution in [0.4, 0.5) is 4.79 Å². The van der Waals surface area contributed by atoms with E-state index in [4.69, 9.17) is 5.11 Å². The number of thioether (sulfide) groups is 2. The number of carbonyl (C=O) groups is 2. The van der Waals surface area contributed by atoms with E-state index in [1.165, 1.54) is 0 Å². The van der Waals surface area contributed by atoms with Crippen LogP contribution in [0.3, 0.4) is 0 Å². The van der Waals surface area contributed by atoms with Gasteiger partial charge in [-0.2, -0.15) is 23.5 Å². The lowest BCUT2D eigenvalue weighted by Gasteiger charge is -2.23. The molecular weight excluding hydrogens is 272 g/mol. The number of carbonyl (C=O) groups excluding carboxylic acids is 1. The van der Waals surface area contributed by atoms with Crippen LogP contribution < -0.4 is 10.6 Å². The molecule has 0 aromatic heterocycles. The molecule has 0 bridgehead atoms. The molecule has 1 aliphatic rings. The zero-order valence-electron chi connectivity index (χ0n) is 10.5. The Morgan fingerprint density at radius 2 is 2.33 bits per heavy atom. The first-order valence-electron chi connectivity index (χ1n) is 6.00. The number of carboxylic acids is 1. The summed E-state index contributed by atoms with van der Waals surface area (Å²) in [5, 5.41) is 14.4. The highest BCUT2D eigenvalue weighted by atomic mass is 32.2. The molecule has 104 valence electrons. The summed E-state index contributed by atoms with van der Waals surface area (Å²) in [5.74, 6) is 1.80. The summed E-state index contributed by atoms with van der Waals surface area (Å²) in [7, 11) is 0. The van der Waals surface area contributed by atoms with Gasteiger partial charge in [-0.1, -0.05) is 0 Å². The summed E-state index contributed by atoms with van der Waals surface area (Å²) in [4.78, 5) is 22.7. The Morgan fingerprint density at radius 1 is 1.56 bits per heavy atom. The standard InChI is InChI=1S/C11H20N2O3S2/c1-17-6-4-9(10(14)15)13-11(16)12-8-3-2-5-18-7-8/h8-9H,2-7H2,1H3,(H,14,15)(H2,12,13,16). The van der Waals surface area contributed by atoms with Gasteiger partial charge in [0.25, 0.3) is 0 Å². The van der Waals surface area contributed by atoms with E-state index in [9.17, 15) is 9.59 Å². The van der Waals surface area contributed by atoms with Crippen molar-refractivity contribution in [2.75, 3.05) is 23.5 Å². The van der Waals surface area contributed by atoms with Gasteiger partial charge in [-0.3, -0.25) is 0 Å². The average molecular weight is 292 g/mol. The second kappa shape index (κ2) is 8.53. The molecule has 1 aliphatic heterocycles. The summed E-state index contributed by atoms with van der Waals surface area (Å²) in [6, 6.07) is -0.997. The SMILES string of the molecule is CSCCC(NC(=O)NC1CCCSC1)C(=O)O. The predicted molar refractivity (Wildman–Crippen MR) is 76.4 cm³/mol. The lowest BCUT2D eigenvalue weighted by atomic mass is 10.2. The molecule has 18 heavy (non-hydrogen) atoms. The largest absolute Gasteiger partial charge is 0.480 e. The quantitative estimate of drug-likeness (QED) is 0.689. The molecule has 0 aromatic rings. The summed E-state index contributed by atoms with van der Waals surface area (Å²) < 4.78 is 0. The number of carboxylic acid groups (broad SMARTS) is 1. The van der Waals surface area contributed by atoms with Crippen LogP contribution in [0.2, 0.25) is 0 Å². The Kier molecular flexibility index (Phi) is 7.34. The number of hydrogen-bond acceptors (Lipinski definition) is 4. The minimum atomic E-state index is -0.975. The monoisotopic (exact) mass is 292 g/mol. The van der Waals surface area contributed by atoms with E-state index in [1.807, 2.05) is 18.0 Å². The summed E-state index contributed by atoms with van der Waals surface area (Å²) in [6.45, 7) is 0. The molecule has 0 aromatic carbocycles. The van der Waals surface area contributed by atoms with Gasteiger partial charge in [0.2, 0.25) is 0 Å². The Bertz CT molecular complexity index is 283. The van der Waals surface area contributed by atoms with Crippen molar-refractivity contribution in [1.29, 1.82) is 0 Å². The van der Waals surface area contributed by atoms with E-state index in [-0.39, 0.29) is 12.1 Å². The third-order valence-corrected chi connectivity index (χ3v) is 4.57. The second-order valence-electron chi connectivity index (χ2n) is 4.20. The predicted octanol–water partition coefficient (Wildman–Crippen LogP) is 1.39. The lowest BCUT2D eigenvalue weighted by Crippen LogP contribution is -2.50. The van der Waals surface area contributed by atoms with Crippen LogP contribution in [-0.2, 0) is 4.79 Å². The smallest absolute Gasteiger partial charge is 0.326 e. The van der Waals surface area contributed by atoms with Crippen LogP contribution >= 0.6 is 23.5 Å². The van der Waals surface area contributed by atoms with E-state index >= 15 is 0 Å². The van der Waals surface area contributed by atoms with Crippen LogP contribution in [0.15, 0.2) is 0 Å². The third-order valence-electron chi connectivity index (χ3n) is 2.71. The minimum Gasteiger partial charge on any atom is -0.480 e. The normalized spacial score (nSPS) is 21.1. The molecule has 1 fully saturated rings. The first-order chi connectivity index (χ1) is 8.63. The number of rotatable bonds is 6.